The number of ether oxygens (including phenoxy) is 1. The summed E-state index contributed by atoms with van der Waals surface area (Å²) in [6, 6.07) is 3.44. The molecule has 0 radical (unpaired) electrons. The number of nitrogens with one attached hydrogen (secondary N) is 1. The Hall–Kier alpha value is -3.30. The second-order valence-electron chi connectivity index (χ2n) is 5.48. The normalized spacial score (nSPS) is 14.0. The van der Waals surface area contributed by atoms with E-state index in [0.717, 1.165) is 4.90 Å². The van der Waals surface area contributed by atoms with Gasteiger partial charge < -0.3 is 14.6 Å². The molecule has 2 aromatic heterocycles. The summed E-state index contributed by atoms with van der Waals surface area (Å²) in [4.78, 5) is 44.1. The average Bonchev–Trinajstić information content (AvgIpc) is 3.23. The van der Waals surface area contributed by atoms with E-state index in [4.69, 9.17) is 9.26 Å². The number of hydrogen-bond acceptors (Lipinski definition) is 8. The molecule has 0 aromatic carbocycles. The van der Waals surface area contributed by atoms with Gasteiger partial charge in [-0.15, -0.1) is 0 Å². The van der Waals surface area contributed by atoms with Crippen molar-refractivity contribution < 1.29 is 23.6 Å². The van der Waals surface area contributed by atoms with Crippen molar-refractivity contribution in [3.05, 3.63) is 24.2 Å². The van der Waals surface area contributed by atoms with Crippen LogP contribution in [0.3, 0.4) is 0 Å². The maximum atomic E-state index is 11.9. The third-order valence-electron chi connectivity index (χ3n) is 3.65. The van der Waals surface area contributed by atoms with Crippen molar-refractivity contribution in [3.63, 3.8) is 0 Å². The fraction of sp³-hybridized carbons (Fsp3) is 0.375. The Labute approximate surface area is 148 Å². The monoisotopic (exact) mass is 359 g/mol. The summed E-state index contributed by atoms with van der Waals surface area (Å²) in [5, 5.41) is 6.37. The van der Waals surface area contributed by atoms with Crippen molar-refractivity contribution in [2.24, 2.45) is 0 Å². The number of imide groups is 1. The number of rotatable bonds is 7. The molecular formula is C16H17N5O5. The predicted molar refractivity (Wildman–Crippen MR) is 86.5 cm³/mol. The maximum Gasteiger partial charge on any atom is 0.246 e. The van der Waals surface area contributed by atoms with Crippen LogP contribution in [0, 0.1) is 0 Å². The highest BCUT2D eigenvalue weighted by Crippen LogP contribution is 2.17. The molecule has 26 heavy (non-hydrogen) atoms. The standard InChI is InChI=1S/C16H17N5O5/c1-2-25-12-4-3-10(7-18-12)16-19-13(26-20-16)8-17-11(22)9-21-14(23)5-6-15(21)24/h3-4,7H,2,5-6,8-9H2,1H3,(H,17,22). The zero-order valence-corrected chi connectivity index (χ0v) is 14.1. The first-order valence-electron chi connectivity index (χ1n) is 8.08. The van der Waals surface area contributed by atoms with E-state index in [9.17, 15) is 14.4 Å². The van der Waals surface area contributed by atoms with E-state index >= 15 is 0 Å². The van der Waals surface area contributed by atoms with Crippen LogP contribution in [0.15, 0.2) is 22.9 Å². The Kier molecular flexibility index (Phi) is 5.20. The Morgan fingerprint density at radius 2 is 2.08 bits per heavy atom. The molecule has 1 saturated heterocycles. The molecule has 1 N–H and O–H groups in total. The minimum Gasteiger partial charge on any atom is -0.478 e. The van der Waals surface area contributed by atoms with Crippen molar-refractivity contribution in [1.82, 2.24) is 25.3 Å². The molecule has 1 aliphatic rings. The van der Waals surface area contributed by atoms with E-state index in [2.05, 4.69) is 20.4 Å². The first kappa shape index (κ1) is 17.5. The number of nitrogens with zero attached hydrogens (tertiary/aromatic N) is 4. The summed E-state index contributed by atoms with van der Waals surface area (Å²) in [5.41, 5.74) is 0.642. The third kappa shape index (κ3) is 4.02. The summed E-state index contributed by atoms with van der Waals surface area (Å²) in [6.07, 6.45) is 1.85. The number of aromatic nitrogens is 3. The summed E-state index contributed by atoms with van der Waals surface area (Å²) >= 11 is 0. The zero-order valence-electron chi connectivity index (χ0n) is 14.1. The molecule has 0 unspecified atom stereocenters. The van der Waals surface area contributed by atoms with Crippen LogP contribution >= 0.6 is 0 Å². The number of carbonyl (C=O) groups is 3. The van der Waals surface area contributed by atoms with Crippen molar-refractivity contribution in [1.29, 1.82) is 0 Å². The number of amides is 3. The maximum absolute atomic E-state index is 11.9. The zero-order chi connectivity index (χ0) is 18.5. The molecule has 0 spiro atoms. The number of likely N-dealkylation sites (tertiary alicyclic amines) is 1. The van der Waals surface area contributed by atoms with Gasteiger partial charge >= 0.3 is 0 Å². The highest BCUT2D eigenvalue weighted by molar-refractivity contribution is 6.04. The van der Waals surface area contributed by atoms with Crippen LogP contribution in [0.1, 0.15) is 25.7 Å². The topological polar surface area (TPSA) is 128 Å². The molecule has 10 heteroatoms. The van der Waals surface area contributed by atoms with Crippen LogP contribution in [0.2, 0.25) is 0 Å². The van der Waals surface area contributed by atoms with E-state index in [1.165, 1.54) is 0 Å². The van der Waals surface area contributed by atoms with Crippen molar-refractivity contribution in [3.8, 4) is 17.3 Å². The van der Waals surface area contributed by atoms with Crippen LogP contribution in [0.5, 0.6) is 5.88 Å². The molecule has 0 bridgehead atoms. The van der Waals surface area contributed by atoms with Gasteiger partial charge in [-0.2, -0.15) is 4.98 Å². The molecule has 1 fully saturated rings. The van der Waals surface area contributed by atoms with Crippen LogP contribution < -0.4 is 10.1 Å². The van der Waals surface area contributed by atoms with Crippen LogP contribution in [-0.4, -0.2) is 50.9 Å². The molecule has 3 rings (SSSR count). The van der Waals surface area contributed by atoms with E-state index in [1.807, 2.05) is 6.92 Å². The SMILES string of the molecule is CCOc1ccc(-c2noc(CNC(=O)CN3C(=O)CCC3=O)n2)cn1. The third-order valence-corrected chi connectivity index (χ3v) is 3.65. The van der Waals surface area contributed by atoms with E-state index in [0.29, 0.717) is 23.9 Å². The molecule has 3 amide bonds. The molecule has 3 heterocycles. The lowest BCUT2D eigenvalue weighted by atomic mass is 10.3. The van der Waals surface area contributed by atoms with Gasteiger partial charge in [-0.1, -0.05) is 5.16 Å². The van der Waals surface area contributed by atoms with E-state index in [-0.39, 0.29) is 43.6 Å². The molecule has 1 aliphatic heterocycles. The largest absolute Gasteiger partial charge is 0.478 e. The van der Waals surface area contributed by atoms with E-state index in [1.54, 1.807) is 18.3 Å². The van der Waals surface area contributed by atoms with Gasteiger partial charge in [0.1, 0.15) is 6.54 Å². The van der Waals surface area contributed by atoms with Crippen molar-refractivity contribution in [2.45, 2.75) is 26.3 Å². The van der Waals surface area contributed by atoms with Crippen LogP contribution in [0.25, 0.3) is 11.4 Å². The predicted octanol–water partition coefficient (Wildman–Crippen LogP) is 0.295. The lowest BCUT2D eigenvalue weighted by Gasteiger charge is -2.12. The summed E-state index contributed by atoms with van der Waals surface area (Å²) in [5.74, 6) is -0.133. The molecular weight excluding hydrogens is 342 g/mol. The number of pyridine rings is 1. The van der Waals surface area contributed by atoms with Crippen molar-refractivity contribution in [2.75, 3.05) is 13.2 Å². The highest BCUT2D eigenvalue weighted by Gasteiger charge is 2.30. The van der Waals surface area contributed by atoms with Gasteiger partial charge in [0.05, 0.1) is 13.2 Å². The average molecular weight is 359 g/mol. The molecule has 136 valence electrons. The minimum absolute atomic E-state index is 0.00743. The Morgan fingerprint density at radius 1 is 1.31 bits per heavy atom. The molecule has 2 aromatic rings. The van der Waals surface area contributed by atoms with Crippen LogP contribution in [-0.2, 0) is 20.9 Å². The van der Waals surface area contributed by atoms with Gasteiger partial charge in [-0.25, -0.2) is 4.98 Å². The molecule has 0 saturated carbocycles. The van der Waals surface area contributed by atoms with Crippen LogP contribution in [0.4, 0.5) is 0 Å². The summed E-state index contributed by atoms with van der Waals surface area (Å²) < 4.78 is 10.3. The fourth-order valence-electron chi connectivity index (χ4n) is 2.36. The van der Waals surface area contributed by atoms with Gasteiger partial charge in [0.2, 0.25) is 35.3 Å². The second kappa shape index (κ2) is 7.72. The second-order valence-corrected chi connectivity index (χ2v) is 5.48. The minimum atomic E-state index is -0.476. The Balaban J connectivity index is 1.54. The first-order valence-corrected chi connectivity index (χ1v) is 8.08. The number of carbonyl (C=O) groups excluding carboxylic acids is 3. The molecule has 10 nitrogen and oxygen atoms in total. The molecule has 0 atom stereocenters. The van der Waals surface area contributed by atoms with Gasteiger partial charge in [0, 0.05) is 30.7 Å². The first-order chi connectivity index (χ1) is 12.6. The Morgan fingerprint density at radius 3 is 2.73 bits per heavy atom. The lowest BCUT2D eigenvalue weighted by molar-refractivity contribution is -0.142. The van der Waals surface area contributed by atoms with Gasteiger partial charge in [-0.05, 0) is 13.0 Å². The van der Waals surface area contributed by atoms with Crippen molar-refractivity contribution >= 4 is 17.7 Å². The van der Waals surface area contributed by atoms with Gasteiger partial charge in [0.15, 0.2) is 0 Å². The Bertz CT molecular complexity index is 801. The quantitative estimate of drug-likeness (QED) is 0.699. The van der Waals surface area contributed by atoms with E-state index < -0.39 is 5.91 Å². The fourth-order valence-corrected chi connectivity index (χ4v) is 2.36. The van der Waals surface area contributed by atoms with Gasteiger partial charge in [-0.3, -0.25) is 19.3 Å². The highest BCUT2D eigenvalue weighted by atomic mass is 16.5. The molecule has 0 aliphatic carbocycles. The lowest BCUT2D eigenvalue weighted by Crippen LogP contribution is -2.39. The summed E-state index contributed by atoms with van der Waals surface area (Å²) in [6.45, 7) is 2.08. The van der Waals surface area contributed by atoms with Gasteiger partial charge in [0.25, 0.3) is 0 Å². The smallest absolute Gasteiger partial charge is 0.246 e. The number of hydrogen-bond donors (Lipinski definition) is 1. The summed E-state index contributed by atoms with van der Waals surface area (Å²) in [7, 11) is 0.